The number of nitriles is 1. The van der Waals surface area contributed by atoms with Crippen molar-refractivity contribution in [2.24, 2.45) is 5.92 Å². The summed E-state index contributed by atoms with van der Waals surface area (Å²) in [6.07, 6.45) is 0.513. The Bertz CT molecular complexity index is 498. The average molecular weight is 361 g/mol. The zero-order chi connectivity index (χ0) is 12.4. The number of rotatable bonds is 2. The fourth-order valence-corrected chi connectivity index (χ4v) is 2.93. The molecule has 1 atom stereocenters. The lowest BCUT2D eigenvalue weighted by Gasteiger charge is -2.18. The van der Waals surface area contributed by atoms with Crippen LogP contribution in [0.5, 0.6) is 0 Å². The Labute approximate surface area is 118 Å². The number of hydrogen-bond acceptors (Lipinski definition) is 2. The number of carbonyl (C=O) groups is 1. The van der Waals surface area contributed by atoms with Gasteiger partial charge in [-0.2, -0.15) is 5.26 Å². The Morgan fingerprint density at radius 3 is 2.88 bits per heavy atom. The average Bonchev–Trinajstić information content (AvgIpc) is 2.70. The van der Waals surface area contributed by atoms with Gasteiger partial charge in [-0.3, -0.25) is 4.79 Å². The van der Waals surface area contributed by atoms with Crippen molar-refractivity contribution in [2.75, 3.05) is 17.3 Å². The van der Waals surface area contributed by atoms with Crippen LogP contribution in [0.3, 0.4) is 0 Å². The number of carbonyl (C=O) groups excluding carboxylic acids is 1. The van der Waals surface area contributed by atoms with Gasteiger partial charge in [0.05, 0.1) is 17.3 Å². The van der Waals surface area contributed by atoms with E-state index in [0.29, 0.717) is 24.4 Å². The standard InChI is InChI=1S/C12H10ClIN2O/c13-5-9-4-12(17)16(7-9)11-2-1-8(6-15)3-10(11)14/h1-3,9H,4-5,7H2. The van der Waals surface area contributed by atoms with Gasteiger partial charge in [0.25, 0.3) is 0 Å². The van der Waals surface area contributed by atoms with E-state index in [4.69, 9.17) is 16.9 Å². The van der Waals surface area contributed by atoms with Crippen molar-refractivity contribution in [2.45, 2.75) is 6.42 Å². The van der Waals surface area contributed by atoms with E-state index >= 15 is 0 Å². The Kier molecular flexibility index (Phi) is 3.89. The lowest BCUT2D eigenvalue weighted by Crippen LogP contribution is -2.25. The van der Waals surface area contributed by atoms with Crippen LogP contribution < -0.4 is 4.90 Å². The molecule has 0 bridgehead atoms. The van der Waals surface area contributed by atoms with Gasteiger partial charge in [-0.25, -0.2) is 0 Å². The maximum atomic E-state index is 11.8. The molecule has 5 heteroatoms. The van der Waals surface area contributed by atoms with Crippen LogP contribution >= 0.6 is 34.2 Å². The fraction of sp³-hybridized carbons (Fsp3) is 0.333. The van der Waals surface area contributed by atoms with Crippen molar-refractivity contribution in [1.29, 1.82) is 5.26 Å². The SMILES string of the molecule is N#Cc1ccc(N2CC(CCl)CC2=O)c(I)c1. The second-order valence-electron chi connectivity index (χ2n) is 4.01. The molecule has 1 fully saturated rings. The number of halogens is 2. The second kappa shape index (κ2) is 5.23. The zero-order valence-corrected chi connectivity index (χ0v) is 11.9. The molecule has 0 radical (unpaired) electrons. The van der Waals surface area contributed by atoms with E-state index in [2.05, 4.69) is 28.7 Å². The van der Waals surface area contributed by atoms with E-state index in [0.717, 1.165) is 9.26 Å². The van der Waals surface area contributed by atoms with Gasteiger partial charge in [0.1, 0.15) is 0 Å². The van der Waals surface area contributed by atoms with Gasteiger partial charge in [-0.05, 0) is 46.7 Å². The third kappa shape index (κ3) is 2.55. The minimum absolute atomic E-state index is 0.110. The molecule has 1 aromatic carbocycles. The van der Waals surface area contributed by atoms with Crippen LogP contribution in [-0.2, 0) is 4.79 Å². The molecule has 1 aliphatic heterocycles. The van der Waals surface area contributed by atoms with Gasteiger partial charge in [-0.15, -0.1) is 11.6 Å². The van der Waals surface area contributed by atoms with Gasteiger partial charge < -0.3 is 4.90 Å². The third-order valence-electron chi connectivity index (χ3n) is 2.79. The molecular weight excluding hydrogens is 351 g/mol. The second-order valence-corrected chi connectivity index (χ2v) is 5.48. The molecule has 1 aromatic rings. The smallest absolute Gasteiger partial charge is 0.227 e. The van der Waals surface area contributed by atoms with Crippen molar-refractivity contribution in [3.8, 4) is 6.07 Å². The summed E-state index contributed by atoms with van der Waals surface area (Å²) < 4.78 is 0.922. The van der Waals surface area contributed by atoms with Gasteiger partial charge >= 0.3 is 0 Å². The van der Waals surface area contributed by atoms with E-state index in [-0.39, 0.29) is 11.8 Å². The summed E-state index contributed by atoms with van der Waals surface area (Å²) in [7, 11) is 0. The van der Waals surface area contributed by atoms with Crippen molar-refractivity contribution >= 4 is 45.8 Å². The third-order valence-corrected chi connectivity index (χ3v) is 4.09. The first-order valence-corrected chi connectivity index (χ1v) is 6.83. The molecule has 1 aliphatic rings. The van der Waals surface area contributed by atoms with Crippen molar-refractivity contribution in [3.05, 3.63) is 27.3 Å². The number of hydrogen-bond donors (Lipinski definition) is 0. The lowest BCUT2D eigenvalue weighted by molar-refractivity contribution is -0.117. The van der Waals surface area contributed by atoms with Gasteiger partial charge in [0, 0.05) is 22.4 Å². The van der Waals surface area contributed by atoms with Gasteiger partial charge in [-0.1, -0.05) is 0 Å². The van der Waals surface area contributed by atoms with Crippen molar-refractivity contribution in [1.82, 2.24) is 0 Å². The predicted molar refractivity (Wildman–Crippen MR) is 75.1 cm³/mol. The Morgan fingerprint density at radius 2 is 2.35 bits per heavy atom. The number of anilines is 1. The summed E-state index contributed by atoms with van der Waals surface area (Å²) in [6, 6.07) is 7.44. The van der Waals surface area contributed by atoms with Crippen LogP contribution in [0.25, 0.3) is 0 Å². The highest BCUT2D eigenvalue weighted by atomic mass is 127. The molecule has 0 aromatic heterocycles. The summed E-state index contributed by atoms with van der Waals surface area (Å²) in [5.74, 6) is 0.851. The summed E-state index contributed by atoms with van der Waals surface area (Å²) in [4.78, 5) is 13.6. The normalized spacial score (nSPS) is 19.5. The largest absolute Gasteiger partial charge is 0.311 e. The van der Waals surface area contributed by atoms with Crippen LogP contribution in [0.15, 0.2) is 18.2 Å². The quantitative estimate of drug-likeness (QED) is 0.601. The summed E-state index contributed by atoms with van der Waals surface area (Å²) in [5, 5.41) is 8.80. The molecular formula is C12H10ClIN2O. The summed E-state index contributed by atoms with van der Waals surface area (Å²) in [5.41, 5.74) is 1.49. The number of amides is 1. The lowest BCUT2D eigenvalue weighted by atomic mass is 10.1. The molecule has 2 rings (SSSR count). The van der Waals surface area contributed by atoms with Crippen LogP contribution in [-0.4, -0.2) is 18.3 Å². The van der Waals surface area contributed by atoms with Crippen molar-refractivity contribution in [3.63, 3.8) is 0 Å². The zero-order valence-electron chi connectivity index (χ0n) is 8.99. The highest BCUT2D eigenvalue weighted by Crippen LogP contribution is 2.30. The Balaban J connectivity index is 2.29. The van der Waals surface area contributed by atoms with E-state index < -0.39 is 0 Å². The molecule has 1 amide bonds. The number of nitrogens with zero attached hydrogens (tertiary/aromatic N) is 2. The minimum Gasteiger partial charge on any atom is -0.311 e. The molecule has 3 nitrogen and oxygen atoms in total. The minimum atomic E-state index is 0.110. The van der Waals surface area contributed by atoms with E-state index in [1.165, 1.54) is 0 Å². The van der Waals surface area contributed by atoms with Crippen LogP contribution in [0.4, 0.5) is 5.69 Å². The number of alkyl halides is 1. The molecule has 0 N–H and O–H groups in total. The molecule has 1 saturated heterocycles. The summed E-state index contributed by atoms with van der Waals surface area (Å²) >= 11 is 7.94. The van der Waals surface area contributed by atoms with Crippen molar-refractivity contribution < 1.29 is 4.79 Å². The maximum absolute atomic E-state index is 11.8. The molecule has 1 heterocycles. The first-order valence-electron chi connectivity index (χ1n) is 5.21. The summed E-state index contributed by atoms with van der Waals surface area (Å²) in [6.45, 7) is 0.671. The first kappa shape index (κ1) is 12.7. The Morgan fingerprint density at radius 1 is 1.59 bits per heavy atom. The fourth-order valence-electron chi connectivity index (χ4n) is 1.91. The first-order chi connectivity index (χ1) is 8.15. The van der Waals surface area contributed by atoms with Crippen LogP contribution in [0.2, 0.25) is 0 Å². The molecule has 1 unspecified atom stereocenters. The Hall–Kier alpha value is -0.800. The van der Waals surface area contributed by atoms with E-state index in [9.17, 15) is 4.79 Å². The molecule has 17 heavy (non-hydrogen) atoms. The van der Waals surface area contributed by atoms with E-state index in [1.807, 2.05) is 6.07 Å². The monoisotopic (exact) mass is 360 g/mol. The highest BCUT2D eigenvalue weighted by molar-refractivity contribution is 14.1. The van der Waals surface area contributed by atoms with E-state index in [1.54, 1.807) is 17.0 Å². The topological polar surface area (TPSA) is 44.1 Å². The van der Waals surface area contributed by atoms with Crippen LogP contribution in [0, 0.1) is 20.8 Å². The maximum Gasteiger partial charge on any atom is 0.227 e. The van der Waals surface area contributed by atoms with Gasteiger partial charge in [0.15, 0.2) is 0 Å². The predicted octanol–water partition coefficient (Wildman–Crippen LogP) is 2.75. The van der Waals surface area contributed by atoms with Crippen LogP contribution in [0.1, 0.15) is 12.0 Å². The molecule has 0 aliphatic carbocycles. The number of benzene rings is 1. The molecule has 0 spiro atoms. The molecule has 0 saturated carbocycles. The van der Waals surface area contributed by atoms with Gasteiger partial charge in [0.2, 0.25) is 5.91 Å². The molecule has 88 valence electrons. The highest BCUT2D eigenvalue weighted by Gasteiger charge is 2.30.